The SMILES string of the molecule is O=C(CCCN1CCN(CO)CC1)Nc1cccc(Nc2nccc(-c3nccs3)n2)c1. The smallest absolute Gasteiger partial charge is 0.227 e. The number of carbonyl (C=O) groups is 1. The van der Waals surface area contributed by atoms with Crippen molar-refractivity contribution in [1.29, 1.82) is 0 Å². The van der Waals surface area contributed by atoms with Crippen molar-refractivity contribution in [3.63, 3.8) is 0 Å². The molecule has 1 aliphatic heterocycles. The molecule has 3 heterocycles. The van der Waals surface area contributed by atoms with E-state index in [1.165, 1.54) is 11.3 Å². The molecule has 3 N–H and O–H groups in total. The van der Waals surface area contributed by atoms with Crippen LogP contribution in [0.25, 0.3) is 10.7 Å². The summed E-state index contributed by atoms with van der Waals surface area (Å²) in [6.07, 6.45) is 4.72. The summed E-state index contributed by atoms with van der Waals surface area (Å²) < 4.78 is 0. The number of anilines is 3. The third-order valence-electron chi connectivity index (χ3n) is 5.25. The molecule has 9 nitrogen and oxygen atoms in total. The monoisotopic (exact) mass is 453 g/mol. The minimum Gasteiger partial charge on any atom is -0.381 e. The van der Waals surface area contributed by atoms with E-state index in [1.54, 1.807) is 12.4 Å². The van der Waals surface area contributed by atoms with Crippen LogP contribution in [0.1, 0.15) is 12.8 Å². The quantitative estimate of drug-likeness (QED) is 0.454. The fourth-order valence-corrected chi connectivity index (χ4v) is 4.14. The van der Waals surface area contributed by atoms with Crippen molar-refractivity contribution >= 4 is 34.6 Å². The van der Waals surface area contributed by atoms with Gasteiger partial charge in [-0.15, -0.1) is 11.3 Å². The van der Waals surface area contributed by atoms with Crippen LogP contribution in [-0.2, 0) is 4.79 Å². The number of hydrogen-bond acceptors (Lipinski definition) is 9. The van der Waals surface area contributed by atoms with E-state index in [-0.39, 0.29) is 12.6 Å². The number of aliphatic hydroxyl groups excluding tert-OH is 1. The van der Waals surface area contributed by atoms with Gasteiger partial charge in [0.05, 0.1) is 6.73 Å². The summed E-state index contributed by atoms with van der Waals surface area (Å²) in [4.78, 5) is 29.8. The van der Waals surface area contributed by atoms with Crippen molar-refractivity contribution in [1.82, 2.24) is 24.8 Å². The van der Waals surface area contributed by atoms with Gasteiger partial charge in [0.1, 0.15) is 10.7 Å². The van der Waals surface area contributed by atoms with Gasteiger partial charge in [-0.1, -0.05) is 6.07 Å². The highest BCUT2D eigenvalue weighted by molar-refractivity contribution is 7.13. The van der Waals surface area contributed by atoms with Crippen molar-refractivity contribution in [3.8, 4) is 10.7 Å². The van der Waals surface area contributed by atoms with Crippen LogP contribution in [-0.4, -0.2) is 75.2 Å². The first-order valence-electron chi connectivity index (χ1n) is 10.6. The maximum absolute atomic E-state index is 12.4. The Balaban J connectivity index is 1.26. The summed E-state index contributed by atoms with van der Waals surface area (Å²) in [5.74, 6) is 0.473. The molecule has 168 valence electrons. The molecule has 0 atom stereocenters. The molecule has 0 radical (unpaired) electrons. The number of aromatic nitrogens is 3. The first-order chi connectivity index (χ1) is 15.7. The zero-order valence-electron chi connectivity index (χ0n) is 17.8. The van der Waals surface area contributed by atoms with Crippen molar-refractivity contribution < 1.29 is 9.90 Å². The average molecular weight is 454 g/mol. The third kappa shape index (κ3) is 6.30. The maximum Gasteiger partial charge on any atom is 0.227 e. The van der Waals surface area contributed by atoms with Crippen LogP contribution in [0.5, 0.6) is 0 Å². The second-order valence-corrected chi connectivity index (χ2v) is 8.46. The van der Waals surface area contributed by atoms with Gasteiger partial charge in [-0.25, -0.2) is 15.0 Å². The van der Waals surface area contributed by atoms with Crippen LogP contribution in [0.15, 0.2) is 48.1 Å². The summed E-state index contributed by atoms with van der Waals surface area (Å²) in [6, 6.07) is 9.34. The van der Waals surface area contributed by atoms with E-state index in [0.717, 1.165) is 61.2 Å². The van der Waals surface area contributed by atoms with Gasteiger partial charge >= 0.3 is 0 Å². The van der Waals surface area contributed by atoms with E-state index < -0.39 is 0 Å². The van der Waals surface area contributed by atoms with E-state index in [0.29, 0.717) is 12.4 Å². The van der Waals surface area contributed by atoms with Crippen LogP contribution >= 0.6 is 11.3 Å². The van der Waals surface area contributed by atoms with Gasteiger partial charge in [-0.05, 0) is 37.2 Å². The summed E-state index contributed by atoms with van der Waals surface area (Å²) >= 11 is 1.52. The van der Waals surface area contributed by atoms with Gasteiger partial charge in [-0.2, -0.15) is 0 Å². The number of piperazine rings is 1. The minimum absolute atomic E-state index is 0.00170. The van der Waals surface area contributed by atoms with Crippen LogP contribution in [0.3, 0.4) is 0 Å². The third-order valence-corrected chi connectivity index (χ3v) is 6.05. The topological polar surface area (TPSA) is 107 Å². The lowest BCUT2D eigenvalue weighted by atomic mass is 10.2. The molecule has 0 aliphatic carbocycles. The van der Waals surface area contributed by atoms with Crippen molar-refractivity contribution in [2.45, 2.75) is 12.8 Å². The number of hydrogen-bond donors (Lipinski definition) is 3. The highest BCUT2D eigenvalue weighted by Crippen LogP contribution is 2.22. The molecule has 1 aromatic carbocycles. The molecule has 2 aromatic heterocycles. The Morgan fingerprint density at radius 3 is 2.66 bits per heavy atom. The number of thiazole rings is 1. The van der Waals surface area contributed by atoms with Crippen LogP contribution < -0.4 is 10.6 Å². The van der Waals surface area contributed by atoms with Crippen LogP contribution in [0.4, 0.5) is 17.3 Å². The predicted molar refractivity (Wildman–Crippen MR) is 126 cm³/mol. The molecule has 0 bridgehead atoms. The van der Waals surface area contributed by atoms with Gasteiger partial charge in [0.15, 0.2) is 0 Å². The number of nitrogens with zero attached hydrogens (tertiary/aromatic N) is 5. The van der Waals surface area contributed by atoms with E-state index >= 15 is 0 Å². The zero-order chi connectivity index (χ0) is 22.2. The molecule has 32 heavy (non-hydrogen) atoms. The molecule has 1 fully saturated rings. The van der Waals surface area contributed by atoms with Crippen molar-refractivity contribution in [2.75, 3.05) is 50.1 Å². The lowest BCUT2D eigenvalue weighted by molar-refractivity contribution is -0.116. The molecular formula is C22H27N7O2S. The normalized spacial score (nSPS) is 14.9. The van der Waals surface area contributed by atoms with E-state index in [4.69, 9.17) is 5.11 Å². The van der Waals surface area contributed by atoms with Crippen LogP contribution in [0, 0.1) is 0 Å². The van der Waals surface area contributed by atoms with E-state index in [1.807, 2.05) is 40.6 Å². The number of benzene rings is 1. The number of carbonyl (C=O) groups excluding carboxylic acids is 1. The molecule has 1 saturated heterocycles. The average Bonchev–Trinajstić information content (AvgIpc) is 3.35. The zero-order valence-corrected chi connectivity index (χ0v) is 18.6. The fraction of sp³-hybridized carbons (Fsp3) is 0.364. The largest absolute Gasteiger partial charge is 0.381 e. The molecule has 0 unspecified atom stereocenters. The highest BCUT2D eigenvalue weighted by atomic mass is 32.1. The first-order valence-corrected chi connectivity index (χ1v) is 11.5. The standard InChI is InChI=1S/C22H27N7O2S/c30-16-29-12-10-28(11-13-29)9-2-5-20(31)25-17-3-1-4-18(15-17)26-22-24-7-6-19(27-22)21-23-8-14-32-21/h1,3-4,6-8,14-15,30H,2,5,9-13,16H2,(H,25,31)(H,24,26,27). The maximum atomic E-state index is 12.4. The van der Waals surface area contributed by atoms with Gasteiger partial charge < -0.3 is 20.6 Å². The minimum atomic E-state index is -0.00170. The number of aliphatic hydroxyl groups is 1. The highest BCUT2D eigenvalue weighted by Gasteiger charge is 2.15. The predicted octanol–water partition coefficient (Wildman–Crippen LogP) is 2.63. The second kappa shape index (κ2) is 11.1. The van der Waals surface area contributed by atoms with Gasteiger partial charge in [0.2, 0.25) is 11.9 Å². The molecule has 1 aliphatic rings. The molecule has 3 aromatic rings. The molecule has 10 heteroatoms. The summed E-state index contributed by atoms with van der Waals surface area (Å²) in [7, 11) is 0. The van der Waals surface area contributed by atoms with Gasteiger partial charge in [0, 0.05) is 61.7 Å². The Kier molecular flexibility index (Phi) is 7.73. The summed E-state index contributed by atoms with van der Waals surface area (Å²) in [5.41, 5.74) is 2.29. The number of nitrogens with one attached hydrogen (secondary N) is 2. The first kappa shape index (κ1) is 22.3. The van der Waals surface area contributed by atoms with Crippen LogP contribution in [0.2, 0.25) is 0 Å². The van der Waals surface area contributed by atoms with Gasteiger partial charge in [0.25, 0.3) is 0 Å². The van der Waals surface area contributed by atoms with Gasteiger partial charge in [-0.3, -0.25) is 9.69 Å². The molecule has 1 amide bonds. The van der Waals surface area contributed by atoms with E-state index in [2.05, 4.69) is 30.5 Å². The van der Waals surface area contributed by atoms with Crippen molar-refractivity contribution in [3.05, 3.63) is 48.1 Å². The molecule has 4 rings (SSSR count). The molecule has 0 saturated carbocycles. The number of amides is 1. The number of rotatable bonds is 9. The Morgan fingerprint density at radius 1 is 1.06 bits per heavy atom. The van der Waals surface area contributed by atoms with Crippen molar-refractivity contribution in [2.24, 2.45) is 0 Å². The summed E-state index contributed by atoms with van der Waals surface area (Å²) in [5, 5.41) is 18.1. The molecular weight excluding hydrogens is 426 g/mol. The Morgan fingerprint density at radius 2 is 1.88 bits per heavy atom. The molecule has 0 spiro atoms. The Labute approximate surface area is 191 Å². The van der Waals surface area contributed by atoms with E-state index in [9.17, 15) is 4.79 Å². The lowest BCUT2D eigenvalue weighted by Crippen LogP contribution is -2.46. The second-order valence-electron chi connectivity index (χ2n) is 7.56. The summed E-state index contributed by atoms with van der Waals surface area (Å²) in [6.45, 7) is 4.62. The Hall–Kier alpha value is -2.92. The lowest BCUT2D eigenvalue weighted by Gasteiger charge is -2.33. The fourth-order valence-electron chi connectivity index (χ4n) is 3.53. The Bertz CT molecular complexity index is 1010.